The van der Waals surface area contributed by atoms with Crippen LogP contribution in [0.3, 0.4) is 0 Å². The van der Waals surface area contributed by atoms with E-state index in [4.69, 9.17) is 4.74 Å². The van der Waals surface area contributed by atoms with Gasteiger partial charge in [-0.1, -0.05) is 30.0 Å². The van der Waals surface area contributed by atoms with Crippen LogP contribution in [0.4, 0.5) is 10.5 Å². The second kappa shape index (κ2) is 9.22. The van der Waals surface area contributed by atoms with Gasteiger partial charge in [-0.3, -0.25) is 9.69 Å². The van der Waals surface area contributed by atoms with Crippen molar-refractivity contribution in [2.45, 2.75) is 49.2 Å². The molecule has 0 aromatic heterocycles. The van der Waals surface area contributed by atoms with Crippen molar-refractivity contribution in [3.05, 3.63) is 65.2 Å². The van der Waals surface area contributed by atoms with Gasteiger partial charge in [0.2, 0.25) is 0 Å². The summed E-state index contributed by atoms with van der Waals surface area (Å²) in [6, 6.07) is 16.6. The molecule has 0 bridgehead atoms. The number of para-hydroxylation sites is 1. The molecule has 35 heavy (non-hydrogen) atoms. The van der Waals surface area contributed by atoms with Crippen molar-refractivity contribution in [2.75, 3.05) is 11.4 Å². The highest BCUT2D eigenvalue weighted by Gasteiger charge is 2.51. The summed E-state index contributed by atoms with van der Waals surface area (Å²) in [6.45, 7) is 0.765. The van der Waals surface area contributed by atoms with Crippen molar-refractivity contribution in [1.29, 1.82) is 0 Å². The number of nitrogens with one attached hydrogen (secondary N) is 3. The van der Waals surface area contributed by atoms with Crippen molar-refractivity contribution in [1.82, 2.24) is 16.0 Å². The van der Waals surface area contributed by atoms with Crippen LogP contribution >= 0.6 is 11.8 Å². The Morgan fingerprint density at radius 3 is 2.57 bits per heavy atom. The number of ether oxygens (including phenoxy) is 1. The van der Waals surface area contributed by atoms with Crippen LogP contribution < -0.4 is 25.6 Å². The van der Waals surface area contributed by atoms with Crippen molar-refractivity contribution in [2.24, 2.45) is 5.92 Å². The molecular formula is C26H28N4O4S. The molecule has 1 aliphatic carbocycles. The number of piperidine rings is 1. The van der Waals surface area contributed by atoms with Crippen molar-refractivity contribution in [3.63, 3.8) is 0 Å². The highest BCUT2D eigenvalue weighted by atomic mass is 32.2. The van der Waals surface area contributed by atoms with Gasteiger partial charge in [-0.05, 0) is 68.6 Å². The van der Waals surface area contributed by atoms with E-state index < -0.39 is 6.10 Å². The summed E-state index contributed by atoms with van der Waals surface area (Å²) in [5, 5.41) is 19.7. The highest BCUT2D eigenvalue weighted by molar-refractivity contribution is 8.04. The number of hydrogen-bond acceptors (Lipinski definition) is 6. The maximum absolute atomic E-state index is 13.3. The lowest BCUT2D eigenvalue weighted by Crippen LogP contribution is -2.62. The normalized spacial score (nSPS) is 29.6. The molecule has 3 aliphatic heterocycles. The maximum Gasteiger partial charge on any atom is 0.326 e. The lowest BCUT2D eigenvalue weighted by Gasteiger charge is -2.45. The smallest absolute Gasteiger partial charge is 0.326 e. The van der Waals surface area contributed by atoms with Gasteiger partial charge in [-0.2, -0.15) is 0 Å². The van der Waals surface area contributed by atoms with Crippen molar-refractivity contribution in [3.8, 4) is 11.5 Å². The molecule has 3 amide bonds. The number of carbonyl (C=O) groups is 2. The summed E-state index contributed by atoms with van der Waals surface area (Å²) >= 11 is 1.48. The average Bonchev–Trinajstić information content (AvgIpc) is 3.44. The van der Waals surface area contributed by atoms with E-state index in [-0.39, 0.29) is 35.3 Å². The maximum atomic E-state index is 13.3. The minimum absolute atomic E-state index is 0.0130. The van der Waals surface area contributed by atoms with Gasteiger partial charge in [0, 0.05) is 17.3 Å². The van der Waals surface area contributed by atoms with Crippen LogP contribution in [0, 0.1) is 5.92 Å². The number of rotatable bonds is 5. The van der Waals surface area contributed by atoms with Crippen LogP contribution in [-0.2, 0) is 4.79 Å². The van der Waals surface area contributed by atoms with Crippen LogP contribution in [0.5, 0.6) is 11.5 Å². The molecule has 0 spiro atoms. The third-order valence-corrected chi connectivity index (χ3v) is 8.59. The van der Waals surface area contributed by atoms with Crippen LogP contribution in [0.15, 0.2) is 65.2 Å². The molecule has 2 saturated heterocycles. The molecule has 8 nitrogen and oxygen atoms in total. The molecule has 3 fully saturated rings. The Morgan fingerprint density at radius 1 is 1.06 bits per heavy atom. The van der Waals surface area contributed by atoms with Crippen molar-refractivity contribution < 1.29 is 19.4 Å². The predicted molar refractivity (Wildman–Crippen MR) is 134 cm³/mol. The number of hydrogen-bond donors (Lipinski definition) is 4. The molecule has 2 aromatic rings. The fraction of sp³-hybridized carbons (Fsp3) is 0.385. The lowest BCUT2D eigenvalue weighted by molar-refractivity contribution is -0.118. The number of nitrogens with zero attached hydrogens (tertiary/aromatic N) is 1. The number of benzene rings is 2. The van der Waals surface area contributed by atoms with E-state index in [2.05, 4.69) is 16.0 Å². The van der Waals surface area contributed by atoms with E-state index in [1.807, 2.05) is 59.5 Å². The summed E-state index contributed by atoms with van der Waals surface area (Å²) in [6.07, 6.45) is 2.67. The second-order valence-corrected chi connectivity index (χ2v) is 10.6. The van der Waals surface area contributed by atoms with Gasteiger partial charge in [0.15, 0.2) is 0 Å². The third kappa shape index (κ3) is 4.17. The summed E-state index contributed by atoms with van der Waals surface area (Å²) in [7, 11) is 0. The van der Waals surface area contributed by atoms with Gasteiger partial charge < -0.3 is 25.8 Å². The lowest BCUT2D eigenvalue weighted by atomic mass is 9.86. The fourth-order valence-corrected chi connectivity index (χ4v) is 6.96. The molecule has 1 saturated carbocycles. The molecule has 0 radical (unpaired) electrons. The number of amides is 3. The largest absolute Gasteiger partial charge is 0.457 e. The first kappa shape index (κ1) is 22.5. The van der Waals surface area contributed by atoms with Crippen LogP contribution in [0.1, 0.15) is 25.7 Å². The van der Waals surface area contributed by atoms with E-state index in [9.17, 15) is 14.7 Å². The number of aliphatic hydroxyl groups is 1. The number of thioether (sulfide) groups is 1. The molecule has 4 aliphatic rings. The van der Waals surface area contributed by atoms with Gasteiger partial charge in [0.25, 0.3) is 5.91 Å². The Kier molecular flexibility index (Phi) is 5.91. The van der Waals surface area contributed by atoms with Gasteiger partial charge in [0.05, 0.1) is 28.5 Å². The highest BCUT2D eigenvalue weighted by Crippen LogP contribution is 2.48. The minimum Gasteiger partial charge on any atom is -0.457 e. The molecule has 5 atom stereocenters. The van der Waals surface area contributed by atoms with E-state index in [0.717, 1.165) is 37.2 Å². The van der Waals surface area contributed by atoms with Crippen LogP contribution in [-0.4, -0.2) is 47.2 Å². The molecule has 6 rings (SSSR count). The predicted octanol–water partition coefficient (Wildman–Crippen LogP) is 3.30. The first-order valence-electron chi connectivity index (χ1n) is 12.1. The van der Waals surface area contributed by atoms with Gasteiger partial charge >= 0.3 is 6.03 Å². The molecule has 2 aromatic carbocycles. The average molecular weight is 493 g/mol. The Bertz CT molecular complexity index is 1160. The molecule has 3 heterocycles. The Morgan fingerprint density at radius 2 is 1.83 bits per heavy atom. The van der Waals surface area contributed by atoms with Gasteiger partial charge in [-0.25, -0.2) is 4.79 Å². The van der Waals surface area contributed by atoms with E-state index >= 15 is 0 Å². The zero-order valence-electron chi connectivity index (χ0n) is 19.1. The molecule has 3 unspecified atom stereocenters. The third-order valence-electron chi connectivity index (χ3n) is 7.24. The molecule has 4 N–H and O–H groups in total. The van der Waals surface area contributed by atoms with Gasteiger partial charge in [-0.15, -0.1) is 0 Å². The van der Waals surface area contributed by atoms with Crippen LogP contribution in [0.25, 0.3) is 0 Å². The minimum atomic E-state index is -0.505. The standard InChI is InChI=1S/C26H28N4O4S/c31-20-8-4-7-18(20)28-24(32)23-22-21-19(13-14-27-25(21)35-23)30(26(33)29-22)15-9-11-17(12-10-15)34-16-5-2-1-3-6-16/h1-3,5-6,9-12,18-21,25,27,31H,4,7-8,13-14H2,(H,28,32)(H,29,33)/t18-,19?,20+,21?,25?/m1/s1. The van der Waals surface area contributed by atoms with Gasteiger partial charge in [0.1, 0.15) is 11.5 Å². The fourth-order valence-electron chi connectivity index (χ4n) is 5.56. The van der Waals surface area contributed by atoms with Crippen molar-refractivity contribution >= 4 is 29.4 Å². The number of aliphatic hydroxyl groups excluding tert-OH is 1. The SMILES string of the molecule is O=C(N[C@@H]1CCC[C@@H]1O)C1=C2NC(=O)N(c3ccc(Oc4ccccc4)cc3)C3CCNC(S1)C23. The summed E-state index contributed by atoms with van der Waals surface area (Å²) in [5.41, 5.74) is 1.50. The summed E-state index contributed by atoms with van der Waals surface area (Å²) < 4.78 is 5.90. The Hall–Kier alpha value is -3.01. The molecule has 182 valence electrons. The Balaban J connectivity index is 1.23. The number of anilines is 1. The zero-order valence-corrected chi connectivity index (χ0v) is 20.0. The summed E-state index contributed by atoms with van der Waals surface area (Å²) in [4.78, 5) is 28.8. The Labute approximate surface area is 208 Å². The second-order valence-electron chi connectivity index (χ2n) is 9.40. The monoisotopic (exact) mass is 492 g/mol. The first-order valence-corrected chi connectivity index (χ1v) is 13.0. The first-order chi connectivity index (χ1) is 17.1. The zero-order chi connectivity index (χ0) is 23.9. The number of carbonyl (C=O) groups excluding carboxylic acids is 2. The topological polar surface area (TPSA) is 103 Å². The van der Waals surface area contributed by atoms with E-state index in [0.29, 0.717) is 22.8 Å². The van der Waals surface area contributed by atoms with E-state index in [1.165, 1.54) is 11.8 Å². The quantitative estimate of drug-likeness (QED) is 0.511. The molecule has 9 heteroatoms. The van der Waals surface area contributed by atoms with Crippen LogP contribution in [0.2, 0.25) is 0 Å². The number of urea groups is 1. The van der Waals surface area contributed by atoms with E-state index in [1.54, 1.807) is 0 Å². The molecular weight excluding hydrogens is 464 g/mol. The summed E-state index contributed by atoms with van der Waals surface area (Å²) in [5.74, 6) is 1.24.